The highest BCUT2D eigenvalue weighted by Gasteiger charge is 2.39. The SMILES string of the molecule is Br.C1CC2NCCC3NCCC(N1)N32.O. The van der Waals surface area contributed by atoms with Crippen molar-refractivity contribution >= 4 is 17.0 Å². The van der Waals surface area contributed by atoms with Crippen LogP contribution in [0.15, 0.2) is 0 Å². The van der Waals surface area contributed by atoms with Gasteiger partial charge in [-0.3, -0.25) is 4.90 Å². The zero-order chi connectivity index (χ0) is 8.67. The van der Waals surface area contributed by atoms with E-state index in [0.717, 1.165) is 0 Å². The summed E-state index contributed by atoms with van der Waals surface area (Å²) in [5.74, 6) is 0. The Labute approximate surface area is 101 Å². The summed E-state index contributed by atoms with van der Waals surface area (Å²) in [6.07, 6.45) is 5.60. The Hall–Kier alpha value is 0.280. The molecule has 0 aromatic carbocycles. The predicted molar refractivity (Wildman–Crippen MR) is 65.0 cm³/mol. The van der Waals surface area contributed by atoms with E-state index in [0.29, 0.717) is 18.5 Å². The van der Waals surface area contributed by atoms with Gasteiger partial charge in [-0.05, 0) is 38.9 Å². The van der Waals surface area contributed by atoms with Gasteiger partial charge in [0, 0.05) is 0 Å². The van der Waals surface area contributed by atoms with E-state index in [4.69, 9.17) is 0 Å². The average molecular weight is 281 g/mol. The third-order valence-electron chi connectivity index (χ3n) is 3.47. The molecule has 0 bridgehead atoms. The fourth-order valence-corrected chi connectivity index (χ4v) is 2.88. The molecule has 6 heteroatoms. The van der Waals surface area contributed by atoms with Crippen LogP contribution in [-0.2, 0) is 0 Å². The molecule has 3 saturated heterocycles. The zero-order valence-corrected chi connectivity index (χ0v) is 10.5. The van der Waals surface area contributed by atoms with Crippen LogP contribution in [0.3, 0.4) is 0 Å². The largest absolute Gasteiger partial charge is 0.412 e. The zero-order valence-electron chi connectivity index (χ0n) is 8.83. The van der Waals surface area contributed by atoms with Gasteiger partial charge in [-0.25, -0.2) is 0 Å². The Balaban J connectivity index is 0.000000562. The van der Waals surface area contributed by atoms with Crippen LogP contribution in [0.1, 0.15) is 19.3 Å². The molecule has 3 aliphatic rings. The van der Waals surface area contributed by atoms with E-state index >= 15 is 0 Å². The van der Waals surface area contributed by atoms with E-state index in [1.54, 1.807) is 0 Å². The van der Waals surface area contributed by atoms with Crippen molar-refractivity contribution in [3.05, 3.63) is 0 Å². The first kappa shape index (κ1) is 13.3. The maximum Gasteiger partial charge on any atom is 0.0637 e. The van der Waals surface area contributed by atoms with Gasteiger partial charge in [0.15, 0.2) is 0 Å². The molecule has 0 amide bonds. The van der Waals surface area contributed by atoms with Crippen molar-refractivity contribution in [2.45, 2.75) is 37.8 Å². The Kier molecular flexibility index (Phi) is 4.95. The number of hydrogen-bond acceptors (Lipinski definition) is 4. The molecule has 0 saturated carbocycles. The van der Waals surface area contributed by atoms with Gasteiger partial charge >= 0.3 is 0 Å². The number of rotatable bonds is 0. The summed E-state index contributed by atoms with van der Waals surface area (Å²) in [7, 11) is 0. The van der Waals surface area contributed by atoms with Crippen LogP contribution in [0.5, 0.6) is 0 Å². The first-order chi connectivity index (χ1) is 6.45. The van der Waals surface area contributed by atoms with E-state index in [9.17, 15) is 0 Å². The van der Waals surface area contributed by atoms with Crippen molar-refractivity contribution in [2.24, 2.45) is 0 Å². The number of halogens is 1. The Bertz CT molecular complexity index is 161. The number of nitrogens with one attached hydrogen (secondary N) is 3. The molecular weight excluding hydrogens is 260 g/mol. The molecule has 15 heavy (non-hydrogen) atoms. The first-order valence-corrected chi connectivity index (χ1v) is 5.43. The molecule has 3 aliphatic heterocycles. The van der Waals surface area contributed by atoms with Crippen molar-refractivity contribution in [1.82, 2.24) is 20.9 Å². The third-order valence-corrected chi connectivity index (χ3v) is 3.47. The number of hydrogen-bond donors (Lipinski definition) is 3. The Morgan fingerprint density at radius 2 is 1.07 bits per heavy atom. The third kappa shape index (κ3) is 2.35. The van der Waals surface area contributed by atoms with Gasteiger partial charge in [0.2, 0.25) is 0 Å². The fourth-order valence-electron chi connectivity index (χ4n) is 2.88. The second kappa shape index (κ2) is 5.56. The van der Waals surface area contributed by atoms with Gasteiger partial charge in [0.25, 0.3) is 0 Å². The lowest BCUT2D eigenvalue weighted by molar-refractivity contribution is -0.0520. The maximum atomic E-state index is 3.60. The Morgan fingerprint density at radius 3 is 1.40 bits per heavy atom. The Morgan fingerprint density at radius 1 is 0.733 bits per heavy atom. The van der Waals surface area contributed by atoms with Crippen LogP contribution in [0.4, 0.5) is 0 Å². The minimum Gasteiger partial charge on any atom is -0.412 e. The number of nitrogens with zero attached hydrogens (tertiary/aromatic N) is 1. The summed E-state index contributed by atoms with van der Waals surface area (Å²) >= 11 is 0. The molecule has 5 nitrogen and oxygen atoms in total. The predicted octanol–water partition coefficient (Wildman–Crippen LogP) is -1.00. The van der Waals surface area contributed by atoms with Crippen LogP contribution in [-0.4, -0.2) is 48.5 Å². The lowest BCUT2D eigenvalue weighted by atomic mass is 10.0. The molecular formula is C9H21BrN4O. The minimum atomic E-state index is 0. The molecule has 0 radical (unpaired) electrons. The minimum absolute atomic E-state index is 0. The van der Waals surface area contributed by atoms with Crippen LogP contribution in [0.2, 0.25) is 0 Å². The van der Waals surface area contributed by atoms with Crippen molar-refractivity contribution in [3.63, 3.8) is 0 Å². The van der Waals surface area contributed by atoms with Gasteiger partial charge < -0.3 is 21.4 Å². The standard InChI is InChI=1S/C9H18N4.BrH.H2O/c1-4-10-8-3-6-12-9-2-5-11-7(1)13(8)9;;/h7-12H,1-6H2;1H;1H2. The van der Waals surface area contributed by atoms with E-state index in [1.165, 1.54) is 38.9 Å². The fraction of sp³-hybridized carbons (Fsp3) is 1.00. The summed E-state index contributed by atoms with van der Waals surface area (Å²) < 4.78 is 0. The molecule has 90 valence electrons. The highest BCUT2D eigenvalue weighted by Crippen LogP contribution is 2.23. The molecule has 3 atom stereocenters. The van der Waals surface area contributed by atoms with Crippen molar-refractivity contribution < 1.29 is 5.48 Å². The summed E-state index contributed by atoms with van der Waals surface area (Å²) in [6.45, 7) is 3.52. The highest BCUT2D eigenvalue weighted by atomic mass is 79.9. The van der Waals surface area contributed by atoms with Gasteiger partial charge in [-0.15, -0.1) is 17.0 Å². The average Bonchev–Trinajstić information content (AvgIpc) is 2.19. The molecule has 3 heterocycles. The van der Waals surface area contributed by atoms with Crippen molar-refractivity contribution in [1.29, 1.82) is 0 Å². The van der Waals surface area contributed by atoms with E-state index in [1.807, 2.05) is 0 Å². The van der Waals surface area contributed by atoms with Crippen LogP contribution < -0.4 is 16.0 Å². The molecule has 3 unspecified atom stereocenters. The highest BCUT2D eigenvalue weighted by molar-refractivity contribution is 8.93. The quantitative estimate of drug-likeness (QED) is 0.533. The van der Waals surface area contributed by atoms with Gasteiger partial charge in [-0.1, -0.05) is 0 Å². The topological polar surface area (TPSA) is 70.8 Å². The summed E-state index contributed by atoms with van der Waals surface area (Å²) in [5.41, 5.74) is 0. The summed E-state index contributed by atoms with van der Waals surface area (Å²) in [5, 5.41) is 10.8. The van der Waals surface area contributed by atoms with Gasteiger partial charge in [-0.2, -0.15) is 0 Å². The van der Waals surface area contributed by atoms with Gasteiger partial charge in [0.1, 0.15) is 0 Å². The summed E-state index contributed by atoms with van der Waals surface area (Å²) in [6, 6.07) is 0. The second-order valence-electron chi connectivity index (χ2n) is 4.22. The van der Waals surface area contributed by atoms with E-state index in [-0.39, 0.29) is 22.5 Å². The lowest BCUT2D eigenvalue weighted by Crippen LogP contribution is -2.72. The van der Waals surface area contributed by atoms with E-state index < -0.39 is 0 Å². The molecule has 0 spiro atoms. The molecule has 3 rings (SSSR count). The molecule has 0 aromatic heterocycles. The monoisotopic (exact) mass is 280 g/mol. The second-order valence-corrected chi connectivity index (χ2v) is 4.22. The van der Waals surface area contributed by atoms with Crippen molar-refractivity contribution in [3.8, 4) is 0 Å². The smallest absolute Gasteiger partial charge is 0.0637 e. The summed E-state index contributed by atoms with van der Waals surface area (Å²) in [4.78, 5) is 2.59. The molecule has 5 N–H and O–H groups in total. The van der Waals surface area contributed by atoms with Crippen LogP contribution in [0.25, 0.3) is 0 Å². The molecule has 0 aliphatic carbocycles. The first-order valence-electron chi connectivity index (χ1n) is 5.43. The molecule has 0 aromatic rings. The maximum absolute atomic E-state index is 3.60. The lowest BCUT2D eigenvalue weighted by Gasteiger charge is -2.53. The molecule has 3 fully saturated rings. The van der Waals surface area contributed by atoms with Crippen molar-refractivity contribution in [2.75, 3.05) is 19.6 Å². The van der Waals surface area contributed by atoms with Crippen LogP contribution >= 0.6 is 17.0 Å². The van der Waals surface area contributed by atoms with E-state index in [2.05, 4.69) is 20.9 Å². The van der Waals surface area contributed by atoms with Crippen LogP contribution in [0, 0.1) is 0 Å². The normalized spacial score (nSPS) is 39.6. The van der Waals surface area contributed by atoms with Gasteiger partial charge in [0.05, 0.1) is 18.5 Å².